The number of hydrogen-bond acceptors (Lipinski definition) is 5. The van der Waals surface area contributed by atoms with Crippen molar-refractivity contribution in [2.24, 2.45) is 0 Å². The summed E-state index contributed by atoms with van der Waals surface area (Å²) in [4.78, 5) is 20.4. The fraction of sp³-hybridized carbons (Fsp3) is 0.381. The molecule has 1 saturated heterocycles. The second-order valence-electron chi connectivity index (χ2n) is 7.02. The van der Waals surface area contributed by atoms with E-state index in [-0.39, 0.29) is 0 Å². The highest BCUT2D eigenvalue weighted by atomic mass is 16.1. The van der Waals surface area contributed by atoms with Gasteiger partial charge in [0.15, 0.2) is 11.9 Å². The summed E-state index contributed by atoms with van der Waals surface area (Å²) in [6.07, 6.45) is 5.10. The zero-order chi connectivity index (χ0) is 18.6. The van der Waals surface area contributed by atoms with Crippen LogP contribution in [0.3, 0.4) is 0 Å². The third-order valence-corrected chi connectivity index (χ3v) is 5.23. The number of fused-ring (bicyclic) bond motifs is 1. The first kappa shape index (κ1) is 17.7. The molecule has 0 N–H and O–H groups in total. The average Bonchev–Trinajstić information content (AvgIpc) is 3.16. The molecule has 2 aromatic heterocycles. The Labute approximate surface area is 159 Å². The number of carbonyl (C=O) groups excluding carboxylic acids is 1. The molecule has 0 spiro atoms. The monoisotopic (exact) mass is 363 g/mol. The summed E-state index contributed by atoms with van der Waals surface area (Å²) in [6.45, 7) is 7.87. The zero-order valence-corrected chi connectivity index (χ0v) is 15.7. The van der Waals surface area contributed by atoms with E-state index in [1.54, 1.807) is 16.8 Å². The maximum atomic E-state index is 11.0. The third kappa shape index (κ3) is 3.71. The molecule has 0 unspecified atom stereocenters. The number of nitrogens with zero attached hydrogens (tertiary/aromatic N) is 5. The second kappa shape index (κ2) is 7.88. The van der Waals surface area contributed by atoms with Crippen LogP contribution in [0.2, 0.25) is 0 Å². The van der Waals surface area contributed by atoms with Gasteiger partial charge in [-0.05, 0) is 37.2 Å². The van der Waals surface area contributed by atoms with Crippen molar-refractivity contribution in [1.29, 1.82) is 0 Å². The van der Waals surface area contributed by atoms with Crippen LogP contribution in [0.15, 0.2) is 42.6 Å². The predicted octanol–water partition coefficient (Wildman–Crippen LogP) is 3.13. The standard InChI is InChI=1S/C21H25N5O/c1-2-3-10-24-11-13-25(14-12-24)19-7-4-17(5-8-19)20-15-22-21-9-6-18(16-27)23-26(20)21/h4-9,15-16H,2-3,10-14H2,1H3. The minimum atomic E-state index is 0.402. The van der Waals surface area contributed by atoms with Crippen molar-refractivity contribution in [3.63, 3.8) is 0 Å². The summed E-state index contributed by atoms with van der Waals surface area (Å²) in [5.74, 6) is 0. The smallest absolute Gasteiger partial charge is 0.170 e. The van der Waals surface area contributed by atoms with Crippen LogP contribution >= 0.6 is 0 Å². The van der Waals surface area contributed by atoms with E-state index in [0.717, 1.165) is 49.4 Å². The Bertz CT molecular complexity index is 910. The van der Waals surface area contributed by atoms with Gasteiger partial charge in [0.25, 0.3) is 0 Å². The van der Waals surface area contributed by atoms with E-state index in [4.69, 9.17) is 0 Å². The van der Waals surface area contributed by atoms with Gasteiger partial charge < -0.3 is 4.90 Å². The van der Waals surface area contributed by atoms with Crippen LogP contribution in [-0.4, -0.2) is 58.5 Å². The highest BCUT2D eigenvalue weighted by Gasteiger charge is 2.17. The molecule has 3 heterocycles. The van der Waals surface area contributed by atoms with Crippen molar-refractivity contribution in [2.75, 3.05) is 37.6 Å². The number of benzene rings is 1. The molecule has 6 nitrogen and oxygen atoms in total. The fourth-order valence-electron chi connectivity index (χ4n) is 3.60. The van der Waals surface area contributed by atoms with Gasteiger partial charge in [-0.3, -0.25) is 9.69 Å². The summed E-state index contributed by atoms with van der Waals surface area (Å²) in [5.41, 5.74) is 4.33. The van der Waals surface area contributed by atoms with Gasteiger partial charge in [-0.1, -0.05) is 25.5 Å². The molecule has 0 bridgehead atoms. The molecular weight excluding hydrogens is 338 g/mol. The molecule has 0 saturated carbocycles. The minimum absolute atomic E-state index is 0.402. The molecule has 0 radical (unpaired) electrons. The van der Waals surface area contributed by atoms with Crippen LogP contribution in [0.25, 0.3) is 16.9 Å². The minimum Gasteiger partial charge on any atom is -0.369 e. The molecular formula is C21H25N5O. The normalized spacial score (nSPS) is 15.4. The highest BCUT2D eigenvalue weighted by molar-refractivity contribution is 5.73. The molecule has 27 heavy (non-hydrogen) atoms. The van der Waals surface area contributed by atoms with Crippen LogP contribution in [0.1, 0.15) is 30.3 Å². The lowest BCUT2D eigenvalue weighted by Crippen LogP contribution is -2.46. The molecule has 4 rings (SSSR count). The fourth-order valence-corrected chi connectivity index (χ4v) is 3.60. The lowest BCUT2D eigenvalue weighted by molar-refractivity contribution is 0.111. The van der Waals surface area contributed by atoms with E-state index in [1.165, 1.54) is 25.1 Å². The Morgan fingerprint density at radius 3 is 2.52 bits per heavy atom. The molecule has 1 aromatic carbocycles. The van der Waals surface area contributed by atoms with Crippen molar-refractivity contribution in [3.8, 4) is 11.3 Å². The summed E-state index contributed by atoms with van der Waals surface area (Å²) < 4.78 is 1.73. The number of aldehydes is 1. The lowest BCUT2D eigenvalue weighted by atomic mass is 10.1. The molecule has 0 aliphatic carbocycles. The quantitative estimate of drug-likeness (QED) is 0.630. The Balaban J connectivity index is 1.49. The van der Waals surface area contributed by atoms with Gasteiger partial charge in [-0.25, -0.2) is 9.50 Å². The first-order chi connectivity index (χ1) is 13.3. The van der Waals surface area contributed by atoms with Gasteiger partial charge in [-0.15, -0.1) is 0 Å². The zero-order valence-electron chi connectivity index (χ0n) is 15.7. The summed E-state index contributed by atoms with van der Waals surface area (Å²) in [7, 11) is 0. The summed E-state index contributed by atoms with van der Waals surface area (Å²) in [6, 6.07) is 12.0. The largest absolute Gasteiger partial charge is 0.369 e. The van der Waals surface area contributed by atoms with E-state index >= 15 is 0 Å². The van der Waals surface area contributed by atoms with Gasteiger partial charge >= 0.3 is 0 Å². The van der Waals surface area contributed by atoms with Gasteiger partial charge in [0, 0.05) is 37.4 Å². The van der Waals surface area contributed by atoms with Gasteiger partial charge in [-0.2, -0.15) is 5.10 Å². The number of carbonyl (C=O) groups is 1. The van der Waals surface area contributed by atoms with E-state index in [1.807, 2.05) is 6.07 Å². The first-order valence-electron chi connectivity index (χ1n) is 9.66. The Morgan fingerprint density at radius 2 is 1.81 bits per heavy atom. The highest BCUT2D eigenvalue weighted by Crippen LogP contribution is 2.24. The van der Waals surface area contributed by atoms with Gasteiger partial charge in [0.05, 0.1) is 11.9 Å². The van der Waals surface area contributed by atoms with Crippen molar-refractivity contribution in [1.82, 2.24) is 19.5 Å². The van der Waals surface area contributed by atoms with E-state index < -0.39 is 0 Å². The Kier molecular flexibility index (Phi) is 5.16. The molecule has 1 aliphatic rings. The van der Waals surface area contributed by atoms with Crippen molar-refractivity contribution >= 4 is 17.6 Å². The Morgan fingerprint density at radius 1 is 1.04 bits per heavy atom. The molecule has 6 heteroatoms. The van der Waals surface area contributed by atoms with E-state index in [9.17, 15) is 4.79 Å². The molecule has 0 amide bonds. The van der Waals surface area contributed by atoms with E-state index in [2.05, 4.69) is 51.1 Å². The van der Waals surface area contributed by atoms with Crippen LogP contribution in [0.5, 0.6) is 0 Å². The van der Waals surface area contributed by atoms with Crippen LogP contribution in [-0.2, 0) is 0 Å². The number of piperazine rings is 1. The molecule has 1 fully saturated rings. The molecule has 3 aromatic rings. The van der Waals surface area contributed by atoms with Gasteiger partial charge in [0.2, 0.25) is 0 Å². The van der Waals surface area contributed by atoms with Crippen LogP contribution < -0.4 is 4.90 Å². The number of rotatable bonds is 6. The predicted molar refractivity (Wildman–Crippen MR) is 107 cm³/mol. The van der Waals surface area contributed by atoms with Crippen molar-refractivity contribution in [2.45, 2.75) is 19.8 Å². The SMILES string of the molecule is CCCCN1CCN(c2ccc(-c3cnc4ccc(C=O)nn34)cc2)CC1. The molecule has 0 atom stereocenters. The second-order valence-corrected chi connectivity index (χ2v) is 7.02. The first-order valence-corrected chi connectivity index (χ1v) is 9.66. The molecule has 1 aliphatic heterocycles. The van der Waals surface area contributed by atoms with Crippen molar-refractivity contribution < 1.29 is 4.79 Å². The number of unbranched alkanes of at least 4 members (excludes halogenated alkanes) is 1. The van der Waals surface area contributed by atoms with Gasteiger partial charge in [0.1, 0.15) is 5.69 Å². The number of hydrogen-bond donors (Lipinski definition) is 0. The van der Waals surface area contributed by atoms with E-state index in [0.29, 0.717) is 5.69 Å². The van der Waals surface area contributed by atoms with Crippen LogP contribution in [0.4, 0.5) is 5.69 Å². The summed E-state index contributed by atoms with van der Waals surface area (Å²) >= 11 is 0. The third-order valence-electron chi connectivity index (χ3n) is 5.23. The lowest BCUT2D eigenvalue weighted by Gasteiger charge is -2.36. The number of imidazole rings is 1. The number of anilines is 1. The number of aromatic nitrogens is 3. The summed E-state index contributed by atoms with van der Waals surface area (Å²) in [5, 5.41) is 4.35. The topological polar surface area (TPSA) is 53.7 Å². The molecule has 140 valence electrons. The van der Waals surface area contributed by atoms with Crippen LogP contribution in [0, 0.1) is 0 Å². The average molecular weight is 363 g/mol. The van der Waals surface area contributed by atoms with Crippen molar-refractivity contribution in [3.05, 3.63) is 48.3 Å². The maximum absolute atomic E-state index is 11.0. The maximum Gasteiger partial charge on any atom is 0.170 e. The Hall–Kier alpha value is -2.73.